The van der Waals surface area contributed by atoms with Crippen LogP contribution in [0.4, 0.5) is 0 Å². The zero-order valence-corrected chi connectivity index (χ0v) is 11.4. The van der Waals surface area contributed by atoms with Gasteiger partial charge in [0.05, 0.1) is 6.42 Å². The number of carbonyl (C=O) groups is 2. The van der Waals surface area contributed by atoms with Gasteiger partial charge in [0.2, 0.25) is 0 Å². The molecule has 0 saturated carbocycles. The molecule has 0 aliphatic heterocycles. The van der Waals surface area contributed by atoms with Gasteiger partial charge in [-0.3, -0.25) is 9.59 Å². The van der Waals surface area contributed by atoms with Gasteiger partial charge in [0.1, 0.15) is 0 Å². The molecule has 0 spiro atoms. The number of hydrogen-bond donors (Lipinski definition) is 0. The molecule has 0 aromatic heterocycles. The van der Waals surface area contributed by atoms with Crippen molar-refractivity contribution in [2.75, 3.05) is 0 Å². The van der Waals surface area contributed by atoms with E-state index >= 15 is 0 Å². The lowest BCUT2D eigenvalue weighted by Gasteiger charge is -2.24. The van der Waals surface area contributed by atoms with Gasteiger partial charge in [0, 0.05) is 16.5 Å². The molecule has 96 valence electrons. The number of rotatable bonds is 0. The second-order valence-corrected chi connectivity index (χ2v) is 6.16. The average Bonchev–Trinajstić information content (AvgIpc) is 2.33. The van der Waals surface area contributed by atoms with Gasteiger partial charge in [-0.15, -0.1) is 0 Å². The van der Waals surface area contributed by atoms with Crippen LogP contribution in [0.2, 0.25) is 0 Å². The molecule has 2 heteroatoms. The zero-order valence-electron chi connectivity index (χ0n) is 11.4. The average molecular weight is 252 g/mol. The first-order valence-electron chi connectivity index (χ1n) is 6.52. The first-order valence-corrected chi connectivity index (χ1v) is 6.52. The van der Waals surface area contributed by atoms with E-state index in [1.165, 1.54) is 5.56 Å². The Morgan fingerprint density at radius 1 is 0.895 bits per heavy atom. The molecule has 0 unspecified atom stereocenters. The normalized spacial score (nSPS) is 15.1. The Balaban J connectivity index is 2.49. The van der Waals surface area contributed by atoms with Crippen molar-refractivity contribution in [2.45, 2.75) is 32.6 Å². The van der Waals surface area contributed by atoms with Crippen molar-refractivity contribution < 1.29 is 9.59 Å². The van der Waals surface area contributed by atoms with Crippen molar-refractivity contribution in [2.24, 2.45) is 0 Å². The van der Waals surface area contributed by atoms with E-state index in [1.54, 1.807) is 0 Å². The highest BCUT2D eigenvalue weighted by Gasteiger charge is 2.27. The summed E-state index contributed by atoms with van der Waals surface area (Å²) in [6.07, 6.45) is 0.000970. The molecule has 2 nitrogen and oxygen atoms in total. The standard InChI is InChI=1S/C17H16O2/c1-17(2,3)13-8-7-12-15(19)9-14(18)11-6-4-5-10(13)16(11)12/h4-8H,9H2,1-3H3. The number of benzene rings is 2. The van der Waals surface area contributed by atoms with Crippen molar-refractivity contribution in [3.05, 3.63) is 47.0 Å². The monoisotopic (exact) mass is 252 g/mol. The molecular weight excluding hydrogens is 236 g/mol. The van der Waals surface area contributed by atoms with E-state index in [1.807, 2.05) is 30.3 Å². The van der Waals surface area contributed by atoms with E-state index in [0.717, 1.165) is 10.8 Å². The maximum atomic E-state index is 12.0. The molecule has 1 aliphatic carbocycles. The highest BCUT2D eigenvalue weighted by molar-refractivity contribution is 6.27. The Bertz CT molecular complexity index is 698. The molecule has 0 fully saturated rings. The summed E-state index contributed by atoms with van der Waals surface area (Å²) in [7, 11) is 0. The van der Waals surface area contributed by atoms with E-state index in [9.17, 15) is 9.59 Å². The van der Waals surface area contributed by atoms with Gasteiger partial charge in [0.25, 0.3) is 0 Å². The van der Waals surface area contributed by atoms with Gasteiger partial charge >= 0.3 is 0 Å². The predicted octanol–water partition coefficient (Wildman–Crippen LogP) is 3.91. The number of Topliss-reactive ketones (excluding diaryl/α,β-unsaturated/α-hetero) is 2. The van der Waals surface area contributed by atoms with Crippen molar-refractivity contribution >= 4 is 22.3 Å². The largest absolute Gasteiger partial charge is 0.294 e. The van der Waals surface area contributed by atoms with Gasteiger partial charge < -0.3 is 0 Å². The predicted molar refractivity (Wildman–Crippen MR) is 75.9 cm³/mol. The van der Waals surface area contributed by atoms with Gasteiger partial charge in [-0.2, -0.15) is 0 Å². The SMILES string of the molecule is CC(C)(C)c1ccc2c3c(cccc13)C(=O)CC2=O. The Morgan fingerprint density at radius 3 is 2.16 bits per heavy atom. The molecule has 0 N–H and O–H groups in total. The lowest BCUT2D eigenvalue weighted by molar-refractivity contribution is 0.0890. The quantitative estimate of drug-likeness (QED) is 0.666. The minimum absolute atomic E-state index is 0.000970. The molecule has 2 aromatic carbocycles. The Kier molecular flexibility index (Phi) is 2.40. The maximum absolute atomic E-state index is 12.0. The van der Waals surface area contributed by atoms with Crippen molar-refractivity contribution in [3.63, 3.8) is 0 Å². The van der Waals surface area contributed by atoms with Crippen LogP contribution in [0.1, 0.15) is 53.5 Å². The van der Waals surface area contributed by atoms with Crippen LogP contribution in [0.3, 0.4) is 0 Å². The number of hydrogen-bond acceptors (Lipinski definition) is 2. The molecular formula is C17H16O2. The van der Waals surface area contributed by atoms with E-state index in [4.69, 9.17) is 0 Å². The number of ketones is 2. The summed E-state index contributed by atoms with van der Waals surface area (Å²) in [6.45, 7) is 6.43. The molecule has 3 rings (SSSR count). The topological polar surface area (TPSA) is 34.1 Å². The van der Waals surface area contributed by atoms with Crippen LogP contribution < -0.4 is 0 Å². The molecule has 19 heavy (non-hydrogen) atoms. The minimum Gasteiger partial charge on any atom is -0.294 e. The molecule has 0 atom stereocenters. The van der Waals surface area contributed by atoms with Gasteiger partial charge in [-0.05, 0) is 16.4 Å². The van der Waals surface area contributed by atoms with Crippen molar-refractivity contribution in [1.29, 1.82) is 0 Å². The molecule has 0 saturated heterocycles. The Labute approximate surface area is 112 Å². The second-order valence-electron chi connectivity index (χ2n) is 6.16. The molecule has 0 radical (unpaired) electrons. The van der Waals surface area contributed by atoms with E-state index in [0.29, 0.717) is 11.1 Å². The van der Waals surface area contributed by atoms with Crippen LogP contribution in [0.5, 0.6) is 0 Å². The highest BCUT2D eigenvalue weighted by Crippen LogP contribution is 2.36. The summed E-state index contributed by atoms with van der Waals surface area (Å²) in [5.74, 6) is -0.122. The lowest BCUT2D eigenvalue weighted by atomic mass is 9.79. The summed E-state index contributed by atoms with van der Waals surface area (Å²) in [5, 5.41) is 1.88. The molecule has 2 aromatic rings. The number of carbonyl (C=O) groups excluding carboxylic acids is 2. The molecule has 0 bridgehead atoms. The third-order valence-electron chi connectivity index (χ3n) is 3.77. The van der Waals surface area contributed by atoms with Gasteiger partial charge in [-0.1, -0.05) is 51.1 Å². The summed E-state index contributed by atoms with van der Waals surface area (Å²) in [6, 6.07) is 9.64. The summed E-state index contributed by atoms with van der Waals surface area (Å²) < 4.78 is 0. The van der Waals surface area contributed by atoms with Gasteiger partial charge in [-0.25, -0.2) is 0 Å². The zero-order chi connectivity index (χ0) is 13.8. The third-order valence-corrected chi connectivity index (χ3v) is 3.77. The Morgan fingerprint density at radius 2 is 1.53 bits per heavy atom. The van der Waals surface area contributed by atoms with E-state index in [2.05, 4.69) is 20.8 Å². The van der Waals surface area contributed by atoms with Crippen LogP contribution in [0.25, 0.3) is 10.8 Å². The summed E-state index contributed by atoms with van der Waals surface area (Å²) >= 11 is 0. The smallest absolute Gasteiger partial charge is 0.171 e. The third kappa shape index (κ3) is 1.71. The minimum atomic E-state index is -0.0610. The van der Waals surface area contributed by atoms with Crippen molar-refractivity contribution in [1.82, 2.24) is 0 Å². The fraction of sp³-hybridized carbons (Fsp3) is 0.294. The van der Waals surface area contributed by atoms with Crippen molar-refractivity contribution in [3.8, 4) is 0 Å². The van der Waals surface area contributed by atoms with Gasteiger partial charge in [0.15, 0.2) is 11.6 Å². The Hall–Kier alpha value is -1.96. The molecule has 0 heterocycles. The molecule has 0 amide bonds. The summed E-state index contributed by atoms with van der Waals surface area (Å²) in [4.78, 5) is 24.0. The highest BCUT2D eigenvalue weighted by atomic mass is 16.1. The van der Waals surface area contributed by atoms with E-state index < -0.39 is 0 Å². The van der Waals surface area contributed by atoms with Crippen LogP contribution in [-0.2, 0) is 5.41 Å². The van der Waals surface area contributed by atoms with E-state index in [-0.39, 0.29) is 23.4 Å². The first-order chi connectivity index (χ1) is 8.89. The lowest BCUT2D eigenvalue weighted by Crippen LogP contribution is -2.19. The van der Waals surface area contributed by atoms with Crippen LogP contribution in [0.15, 0.2) is 30.3 Å². The molecule has 1 aliphatic rings. The van der Waals surface area contributed by atoms with Crippen LogP contribution in [0, 0.1) is 0 Å². The fourth-order valence-electron chi connectivity index (χ4n) is 2.86. The fourth-order valence-corrected chi connectivity index (χ4v) is 2.86. The maximum Gasteiger partial charge on any atom is 0.171 e. The van der Waals surface area contributed by atoms with Crippen LogP contribution in [-0.4, -0.2) is 11.6 Å². The summed E-state index contributed by atoms with van der Waals surface area (Å²) in [5.41, 5.74) is 2.55. The first kappa shape index (κ1) is 12.1. The second kappa shape index (κ2) is 3.77. The van der Waals surface area contributed by atoms with Crippen LogP contribution >= 0.6 is 0 Å².